The number of β-amino-alcohol motifs (C(OH)–C–C–N with tert-alkyl or cyclic N) is 1. The van der Waals surface area contributed by atoms with Gasteiger partial charge in [-0.05, 0) is 80.2 Å². The van der Waals surface area contributed by atoms with Gasteiger partial charge < -0.3 is 34.9 Å². The Kier molecular flexibility index (Phi) is 13.4. The monoisotopic (exact) mass is 852 g/mol. The van der Waals surface area contributed by atoms with Crippen LogP contribution in [0.5, 0.6) is 0 Å². The van der Waals surface area contributed by atoms with Gasteiger partial charge >= 0.3 is 5.97 Å². The van der Waals surface area contributed by atoms with Gasteiger partial charge in [-0.25, -0.2) is 14.8 Å². The van der Waals surface area contributed by atoms with Crippen molar-refractivity contribution < 1.29 is 48.3 Å². The molecule has 1 aromatic carbocycles. The minimum Gasteiger partial charge on any atom is -0.466 e. The molecule has 6 heterocycles. The van der Waals surface area contributed by atoms with E-state index in [1.54, 1.807) is 11.3 Å². The summed E-state index contributed by atoms with van der Waals surface area (Å²) in [6.07, 6.45) is 4.08. The van der Waals surface area contributed by atoms with Gasteiger partial charge in [-0.1, -0.05) is 58.9 Å². The Hall–Kier alpha value is -3.47. The number of hydrogen-bond donors (Lipinski definition) is 3. The molecule has 1 spiro atoms. The van der Waals surface area contributed by atoms with Crippen molar-refractivity contribution in [1.82, 2.24) is 20.5 Å². The van der Waals surface area contributed by atoms with E-state index in [1.807, 2.05) is 64.4 Å². The highest BCUT2D eigenvalue weighted by Gasteiger charge is 2.69. The highest BCUT2D eigenvalue weighted by molar-refractivity contribution is 7.13. The molecule has 15 heteroatoms. The van der Waals surface area contributed by atoms with Gasteiger partial charge in [-0.15, -0.1) is 11.3 Å². The van der Waals surface area contributed by atoms with E-state index in [4.69, 9.17) is 24.0 Å². The molecule has 330 valence electrons. The first-order valence-electron chi connectivity index (χ1n) is 21.9. The molecule has 8 rings (SSSR count). The molecule has 2 aromatic rings. The fourth-order valence-corrected chi connectivity index (χ4v) is 11.0. The van der Waals surface area contributed by atoms with E-state index in [-0.39, 0.29) is 74.7 Å². The number of carbonyl (C=O) groups excluding carboxylic acids is 4. The first kappa shape index (κ1) is 44.6. The Labute approximate surface area is 357 Å². The van der Waals surface area contributed by atoms with Gasteiger partial charge in [0, 0.05) is 51.1 Å². The lowest BCUT2D eigenvalue weighted by molar-refractivity contribution is -0.571. The quantitative estimate of drug-likeness (QED) is 0.116. The van der Waals surface area contributed by atoms with Gasteiger partial charge in [-0.3, -0.25) is 19.2 Å². The second-order valence-corrected chi connectivity index (χ2v) is 20.0. The van der Waals surface area contributed by atoms with Gasteiger partial charge in [0.15, 0.2) is 11.9 Å². The van der Waals surface area contributed by atoms with Gasteiger partial charge in [-0.2, -0.15) is 0 Å². The first-order chi connectivity index (χ1) is 28.5. The number of nitrogens with zero attached hydrogens (tertiary/aromatic N) is 2. The molecule has 6 aliphatic rings. The van der Waals surface area contributed by atoms with Gasteiger partial charge in [0.2, 0.25) is 23.5 Å². The number of likely N-dealkylation sites (tertiary alicyclic amines) is 1. The van der Waals surface area contributed by atoms with Crippen LogP contribution in [0.25, 0.3) is 10.4 Å². The maximum absolute atomic E-state index is 14.0. The largest absolute Gasteiger partial charge is 0.466 e. The van der Waals surface area contributed by atoms with Crippen LogP contribution in [0, 0.1) is 36.0 Å². The van der Waals surface area contributed by atoms with E-state index in [0.717, 1.165) is 47.4 Å². The molecule has 6 fully saturated rings. The van der Waals surface area contributed by atoms with Crippen molar-refractivity contribution >= 4 is 35.0 Å². The lowest BCUT2D eigenvalue weighted by Crippen LogP contribution is -2.70. The number of aliphatic hydroxyl groups excluding tert-OH is 1. The smallest absolute Gasteiger partial charge is 0.305 e. The molecule has 14 nitrogen and oxygen atoms in total. The van der Waals surface area contributed by atoms with Crippen molar-refractivity contribution in [3.05, 3.63) is 41.0 Å². The van der Waals surface area contributed by atoms with Crippen molar-refractivity contribution in [2.45, 2.75) is 161 Å². The van der Waals surface area contributed by atoms with Crippen LogP contribution >= 0.6 is 11.3 Å². The molecular formula is C45H64N4O10S. The summed E-state index contributed by atoms with van der Waals surface area (Å²) in [5.74, 6) is -1.13. The normalized spacial score (nSPS) is 32.8. The summed E-state index contributed by atoms with van der Waals surface area (Å²) in [7, 11) is 0. The number of benzene rings is 1. The number of hydrogen-bond acceptors (Lipinski definition) is 12. The average Bonchev–Trinajstić information content (AvgIpc) is 3.74. The molecule has 1 aliphatic carbocycles. The van der Waals surface area contributed by atoms with Gasteiger partial charge in [0.1, 0.15) is 12.1 Å². The maximum Gasteiger partial charge on any atom is 0.305 e. The number of ether oxygens (including phenoxy) is 3. The molecule has 1 saturated carbocycles. The topological polar surface area (TPSA) is 175 Å². The van der Waals surface area contributed by atoms with Crippen LogP contribution in [0.3, 0.4) is 0 Å². The number of aliphatic hydroxyl groups is 1. The van der Waals surface area contributed by atoms with E-state index in [1.165, 1.54) is 4.90 Å². The Morgan fingerprint density at radius 1 is 1.05 bits per heavy atom. The highest BCUT2D eigenvalue weighted by Crippen LogP contribution is 2.60. The number of amides is 3. The molecule has 5 saturated heterocycles. The highest BCUT2D eigenvalue weighted by atomic mass is 32.1. The predicted octanol–water partition coefficient (Wildman–Crippen LogP) is 5.97. The second kappa shape index (κ2) is 18.1. The fraction of sp³-hybridized carbons (Fsp3) is 0.711. The summed E-state index contributed by atoms with van der Waals surface area (Å²) >= 11 is 1.58. The Morgan fingerprint density at radius 2 is 1.80 bits per heavy atom. The predicted molar refractivity (Wildman–Crippen MR) is 223 cm³/mol. The number of rotatable bonds is 14. The molecule has 0 radical (unpaired) electrons. The minimum absolute atomic E-state index is 0.00552. The van der Waals surface area contributed by atoms with E-state index in [0.29, 0.717) is 31.1 Å². The van der Waals surface area contributed by atoms with Crippen LogP contribution in [-0.4, -0.2) is 93.8 Å². The van der Waals surface area contributed by atoms with Crippen molar-refractivity contribution in [3.63, 3.8) is 0 Å². The van der Waals surface area contributed by atoms with Crippen molar-refractivity contribution in [1.29, 1.82) is 0 Å². The molecular weight excluding hydrogens is 789 g/mol. The fourth-order valence-electron chi connectivity index (χ4n) is 10.2. The van der Waals surface area contributed by atoms with Crippen molar-refractivity contribution in [3.8, 4) is 10.4 Å². The number of thiazole rings is 1. The van der Waals surface area contributed by atoms with E-state index >= 15 is 0 Å². The number of esters is 1. The van der Waals surface area contributed by atoms with Crippen LogP contribution in [0.15, 0.2) is 29.8 Å². The average molecular weight is 853 g/mol. The zero-order chi connectivity index (χ0) is 43.0. The number of nitrogens with one attached hydrogen (secondary N) is 2. The zero-order valence-corrected chi connectivity index (χ0v) is 37.0. The maximum atomic E-state index is 14.0. The molecule has 2 bridgehead atoms. The summed E-state index contributed by atoms with van der Waals surface area (Å²) < 4.78 is 18.7. The number of aromatic nitrogens is 1. The van der Waals surface area contributed by atoms with Crippen molar-refractivity contribution in [2.75, 3.05) is 13.2 Å². The summed E-state index contributed by atoms with van der Waals surface area (Å²) in [5.41, 5.74) is 3.43. The molecule has 1 aromatic heterocycles. The molecule has 5 aliphatic heterocycles. The number of carbonyl (C=O) groups is 4. The number of unbranched alkanes of at least 4 members (excludes halogenated alkanes) is 1. The van der Waals surface area contributed by atoms with Crippen LogP contribution < -0.4 is 10.6 Å². The van der Waals surface area contributed by atoms with E-state index < -0.39 is 47.2 Å². The molecule has 11 unspecified atom stereocenters. The molecule has 3 N–H and O–H groups in total. The standard InChI is InChI=1S/C45H64N4O10S/c1-26-12-17-33-27(2)35(56-42-45(33)32(26)18-20-44(7,57-42)58-59-45)19-21-55-37(52)11-9-8-10-36(51)48-39(43(4,5)6)41(54)49-24-31(50)22-34(49)40(53)46-23-29-13-15-30(16-14-29)38-28(3)47-25-60-38/h13-16,25-27,31-35,39,42,50H,8-12,17-24H2,1-7H3,(H,46,53)(H,48,51). The summed E-state index contributed by atoms with van der Waals surface area (Å²) in [6.45, 7) is 14.4. The lowest BCUT2D eigenvalue weighted by atomic mass is 9.57. The minimum atomic E-state index is -0.930. The first-order valence-corrected chi connectivity index (χ1v) is 22.8. The third-order valence-electron chi connectivity index (χ3n) is 13.7. The van der Waals surface area contributed by atoms with Crippen LogP contribution in [0.1, 0.15) is 117 Å². The Morgan fingerprint density at radius 3 is 2.52 bits per heavy atom. The van der Waals surface area contributed by atoms with Crippen LogP contribution in [-0.2, 0) is 49.7 Å². The molecule has 60 heavy (non-hydrogen) atoms. The second-order valence-electron chi connectivity index (χ2n) is 19.1. The summed E-state index contributed by atoms with van der Waals surface area (Å²) in [5, 5.41) is 16.4. The molecule has 3 amide bonds. The van der Waals surface area contributed by atoms with Crippen LogP contribution in [0.4, 0.5) is 0 Å². The van der Waals surface area contributed by atoms with Gasteiger partial charge in [0.05, 0.1) is 34.9 Å². The van der Waals surface area contributed by atoms with Gasteiger partial charge in [0.25, 0.3) is 0 Å². The van der Waals surface area contributed by atoms with Crippen LogP contribution in [0.2, 0.25) is 0 Å². The molecule has 11 atom stereocenters. The third-order valence-corrected chi connectivity index (χ3v) is 14.7. The Balaban J connectivity index is 0.843. The van der Waals surface area contributed by atoms with E-state index in [9.17, 15) is 24.3 Å². The third kappa shape index (κ3) is 9.31. The lowest BCUT2D eigenvalue weighted by Gasteiger charge is -2.60. The summed E-state index contributed by atoms with van der Waals surface area (Å²) in [6, 6.07) is 6.08. The van der Waals surface area contributed by atoms with E-state index in [2.05, 4.69) is 29.5 Å². The SMILES string of the molecule is Cc1ncsc1-c1ccc(CNC(=O)C2CC(O)CN2C(=O)C(NC(=O)CCCCC(=O)OCCC2OC3OC4(C)CCC5C(C)CCC(C2C)C35OO4)C(C)(C)C)cc1. The van der Waals surface area contributed by atoms with Crippen molar-refractivity contribution in [2.24, 2.45) is 29.1 Å². The Bertz CT molecular complexity index is 1870. The zero-order valence-electron chi connectivity index (χ0n) is 36.2. The number of aryl methyl sites for hydroxylation is 1. The number of fused-ring (bicyclic) bond motifs is 2. The summed E-state index contributed by atoms with van der Waals surface area (Å²) in [4.78, 5) is 72.4.